The summed E-state index contributed by atoms with van der Waals surface area (Å²) >= 11 is 0. The summed E-state index contributed by atoms with van der Waals surface area (Å²) in [6.07, 6.45) is 0.918. The molecule has 0 heterocycles. The van der Waals surface area contributed by atoms with E-state index in [4.69, 9.17) is 5.73 Å². The second kappa shape index (κ2) is 13.6. The highest BCUT2D eigenvalue weighted by molar-refractivity contribution is 8.10. The number of rotatable bonds is 12. The van der Waals surface area contributed by atoms with Gasteiger partial charge in [0.25, 0.3) is 26.0 Å². The van der Waals surface area contributed by atoms with E-state index in [9.17, 15) is 34.4 Å². The van der Waals surface area contributed by atoms with Crippen LogP contribution < -0.4 is 19.5 Å². The van der Waals surface area contributed by atoms with Crippen LogP contribution in [0.3, 0.4) is 0 Å². The summed E-state index contributed by atoms with van der Waals surface area (Å²) in [5, 5.41) is 0.504. The smallest absolute Gasteiger partial charge is 0.257 e. The lowest BCUT2D eigenvalue weighted by Gasteiger charge is -2.27. The number of benzene rings is 2. The largest absolute Gasteiger partial charge is 0.327 e. The number of hydrogen-bond donors (Lipinski definition) is 3. The number of carbonyl (C=O) groups excluding carboxylic acids is 1. The third-order valence-electron chi connectivity index (χ3n) is 5.09. The summed E-state index contributed by atoms with van der Waals surface area (Å²) in [4.78, 5) is 12.9. The fraction of sp³-hybridized carbons (Fsp3) is 0.348. The molecule has 4 N–H and O–H groups in total. The molecular formula is C23H32ClFN4O7S3. The van der Waals surface area contributed by atoms with Crippen molar-refractivity contribution in [2.24, 2.45) is 5.73 Å². The lowest BCUT2D eigenvalue weighted by atomic mass is 10.1. The van der Waals surface area contributed by atoms with Gasteiger partial charge in [0.15, 0.2) is 0 Å². The molecule has 0 spiro atoms. The van der Waals surface area contributed by atoms with Crippen LogP contribution in [0.15, 0.2) is 60.4 Å². The minimum Gasteiger partial charge on any atom is -0.327 e. The van der Waals surface area contributed by atoms with Gasteiger partial charge in [-0.15, -0.1) is 12.4 Å². The number of halogens is 2. The molecule has 1 amide bonds. The van der Waals surface area contributed by atoms with Crippen LogP contribution >= 0.6 is 12.4 Å². The van der Waals surface area contributed by atoms with Gasteiger partial charge in [0, 0.05) is 12.2 Å². The van der Waals surface area contributed by atoms with Crippen LogP contribution in [-0.4, -0.2) is 54.0 Å². The van der Waals surface area contributed by atoms with Crippen LogP contribution in [0.25, 0.3) is 0 Å². The summed E-state index contributed by atoms with van der Waals surface area (Å²) in [6.45, 7) is 5.27. The number of nitrogens with two attached hydrogens (primary N) is 1. The molecule has 11 nitrogen and oxygen atoms in total. The fourth-order valence-corrected chi connectivity index (χ4v) is 7.88. The molecule has 2 aromatic carbocycles. The number of hydrogen-bond acceptors (Lipinski definition) is 8. The average Bonchev–Trinajstić information content (AvgIpc) is 2.79. The molecule has 0 atom stereocenters. The summed E-state index contributed by atoms with van der Waals surface area (Å²) in [5.74, 6) is -2.64. The third-order valence-corrected chi connectivity index (χ3v) is 11.3. The maximum Gasteiger partial charge on any atom is 0.257 e. The van der Waals surface area contributed by atoms with Crippen molar-refractivity contribution in [2.75, 3.05) is 26.0 Å². The highest BCUT2D eigenvalue weighted by atomic mass is 35.5. The van der Waals surface area contributed by atoms with Crippen LogP contribution in [0.2, 0.25) is 0 Å². The molecule has 39 heavy (non-hydrogen) atoms. The Morgan fingerprint density at radius 2 is 1.44 bits per heavy atom. The first-order valence-electron chi connectivity index (χ1n) is 11.4. The second-order valence-corrected chi connectivity index (χ2v) is 15.3. The second-order valence-electron chi connectivity index (χ2n) is 8.68. The Bertz CT molecular complexity index is 1470. The molecule has 0 bridgehead atoms. The zero-order valence-corrected chi connectivity index (χ0v) is 24.9. The van der Waals surface area contributed by atoms with Crippen molar-refractivity contribution in [3.05, 3.63) is 66.0 Å². The first-order valence-corrected chi connectivity index (χ1v) is 16.0. The van der Waals surface area contributed by atoms with Gasteiger partial charge >= 0.3 is 0 Å². The molecule has 16 heteroatoms. The van der Waals surface area contributed by atoms with Gasteiger partial charge in [-0.3, -0.25) is 9.52 Å². The minimum absolute atomic E-state index is 0. The van der Waals surface area contributed by atoms with Crippen LogP contribution in [0.1, 0.15) is 38.1 Å². The Labute approximate surface area is 235 Å². The molecule has 218 valence electrons. The lowest BCUT2D eigenvalue weighted by molar-refractivity contribution is 0.102. The Hall–Kier alpha value is -2.72. The van der Waals surface area contributed by atoms with Crippen molar-refractivity contribution in [3.63, 3.8) is 0 Å². The Morgan fingerprint density at radius 3 is 1.92 bits per heavy atom. The predicted octanol–water partition coefficient (Wildman–Crippen LogP) is 3.20. The van der Waals surface area contributed by atoms with Crippen molar-refractivity contribution in [3.8, 4) is 0 Å². The minimum atomic E-state index is -4.25. The van der Waals surface area contributed by atoms with E-state index in [0.29, 0.717) is 3.71 Å². The number of nitrogens with zero attached hydrogens (tertiary/aromatic N) is 1. The number of amides is 1. The van der Waals surface area contributed by atoms with E-state index in [0.717, 1.165) is 6.08 Å². The van der Waals surface area contributed by atoms with Gasteiger partial charge in [-0.1, -0.05) is 12.1 Å². The maximum absolute atomic E-state index is 13.7. The number of anilines is 3. The number of para-hydroxylation sites is 1. The number of nitrogens with one attached hydrogen (secondary N) is 2. The highest BCUT2D eigenvalue weighted by Crippen LogP contribution is 2.29. The van der Waals surface area contributed by atoms with Crippen molar-refractivity contribution in [1.29, 1.82) is 0 Å². The third kappa shape index (κ3) is 8.63. The van der Waals surface area contributed by atoms with Gasteiger partial charge in [-0.25, -0.2) is 29.6 Å². The van der Waals surface area contributed by atoms with E-state index in [1.54, 1.807) is 0 Å². The van der Waals surface area contributed by atoms with E-state index >= 15 is 0 Å². The molecule has 0 aliphatic carbocycles. The quantitative estimate of drug-likeness (QED) is 0.322. The average molecular weight is 627 g/mol. The molecule has 0 fully saturated rings. The molecule has 0 saturated heterocycles. The van der Waals surface area contributed by atoms with Gasteiger partial charge in [-0.05, 0) is 70.2 Å². The van der Waals surface area contributed by atoms with E-state index in [2.05, 4.69) is 10.0 Å². The van der Waals surface area contributed by atoms with E-state index in [1.165, 1.54) is 76.2 Å². The van der Waals surface area contributed by atoms with Crippen LogP contribution in [0, 0.1) is 0 Å². The van der Waals surface area contributed by atoms with E-state index < -0.39 is 58.1 Å². The molecular weight excluding hydrogens is 595 g/mol. The molecule has 2 rings (SSSR count). The topological polar surface area (TPSA) is 173 Å². The van der Waals surface area contributed by atoms with Crippen molar-refractivity contribution in [2.45, 2.75) is 38.2 Å². The van der Waals surface area contributed by atoms with Gasteiger partial charge in [-0.2, -0.15) is 3.71 Å². The molecule has 2 aromatic rings. The lowest BCUT2D eigenvalue weighted by Crippen LogP contribution is -2.44. The molecule has 0 unspecified atom stereocenters. The molecule has 0 aliphatic heterocycles. The zero-order valence-electron chi connectivity index (χ0n) is 21.7. The first-order chi connectivity index (χ1) is 17.5. The van der Waals surface area contributed by atoms with Crippen molar-refractivity contribution < 1.29 is 34.4 Å². The molecule has 0 aromatic heterocycles. The standard InChI is InChI=1S/C23H31FN4O7S3.ClH/c1-16(2)37(32,33)28(38(34,35)17(3)4)20-11-9-19(10-12-20)26-23(29)21-7-5-6-8-22(21)27-36(30,31)15-18(24)13-14-25;/h5-13,16-17,27H,14-15,25H2,1-4H3,(H,26,29);1H/b18-13-;. The highest BCUT2D eigenvalue weighted by Gasteiger charge is 2.38. The monoisotopic (exact) mass is 626 g/mol. The SMILES string of the molecule is CC(C)S(=O)(=O)N(c1ccc(NC(=O)c2ccccc2NS(=O)(=O)C/C(F)=C/CN)cc1)S(=O)(=O)C(C)C.Cl. The fourth-order valence-electron chi connectivity index (χ4n) is 3.03. The van der Waals surface area contributed by atoms with Crippen LogP contribution in [0.5, 0.6) is 0 Å². The van der Waals surface area contributed by atoms with Gasteiger partial charge < -0.3 is 11.1 Å². The summed E-state index contributed by atoms with van der Waals surface area (Å²) in [5.41, 5.74) is 5.06. The van der Waals surface area contributed by atoms with Crippen LogP contribution in [0.4, 0.5) is 21.5 Å². The molecule has 0 saturated carbocycles. The molecule has 0 radical (unpaired) electrons. The summed E-state index contributed by atoms with van der Waals surface area (Å²) in [6, 6.07) is 10.7. The van der Waals surface area contributed by atoms with Crippen LogP contribution in [-0.2, 0) is 30.1 Å². The normalized spacial score (nSPS) is 12.7. The van der Waals surface area contributed by atoms with E-state index in [1.807, 2.05) is 0 Å². The summed E-state index contributed by atoms with van der Waals surface area (Å²) in [7, 11) is -12.7. The predicted molar refractivity (Wildman–Crippen MR) is 154 cm³/mol. The Balaban J connectivity index is 0.00000760. The zero-order chi connectivity index (χ0) is 28.9. The number of sulfonamides is 3. The van der Waals surface area contributed by atoms with E-state index in [-0.39, 0.29) is 41.6 Å². The van der Waals surface area contributed by atoms with Crippen molar-refractivity contribution >= 4 is 65.4 Å². The Morgan fingerprint density at radius 1 is 0.923 bits per heavy atom. The van der Waals surface area contributed by atoms with Crippen molar-refractivity contribution in [1.82, 2.24) is 0 Å². The van der Waals surface area contributed by atoms with Gasteiger partial charge in [0.05, 0.1) is 27.4 Å². The number of carbonyl (C=O) groups is 1. The maximum atomic E-state index is 13.7. The van der Waals surface area contributed by atoms with Gasteiger partial charge in [0.2, 0.25) is 10.0 Å². The Kier molecular flexibility index (Phi) is 11.9. The summed E-state index contributed by atoms with van der Waals surface area (Å²) < 4.78 is 92.4. The first kappa shape index (κ1) is 34.3. The van der Waals surface area contributed by atoms with Gasteiger partial charge in [0.1, 0.15) is 11.6 Å². The molecule has 0 aliphatic rings.